The highest BCUT2D eigenvalue weighted by atomic mass is 16.5. The molecule has 1 aliphatic heterocycles. The number of aryl methyl sites for hydroxylation is 1. The lowest BCUT2D eigenvalue weighted by Gasteiger charge is -2.17. The van der Waals surface area contributed by atoms with Gasteiger partial charge in [0, 0.05) is 30.9 Å². The normalized spacial score (nSPS) is 20.7. The molecule has 2 N–H and O–H groups in total. The Hall–Kier alpha value is -2.41. The van der Waals surface area contributed by atoms with Gasteiger partial charge in [0.05, 0.1) is 18.9 Å². The standard InChI is InChI=1S/C16H20N4O3/c1-10-6-12(19-18-10)7-11-8-20(9-14(11)21)16(22)13-4-3-5-17-15(13)23-2/h3-6,11,14,21H,7-9H2,1-2H3,(H,18,19)/t11-,14-/m1/s1. The number of nitrogens with zero attached hydrogens (tertiary/aromatic N) is 3. The summed E-state index contributed by atoms with van der Waals surface area (Å²) in [5.41, 5.74) is 2.30. The molecule has 3 heterocycles. The van der Waals surface area contributed by atoms with E-state index in [9.17, 15) is 9.90 Å². The van der Waals surface area contributed by atoms with Gasteiger partial charge in [-0.3, -0.25) is 9.89 Å². The number of rotatable bonds is 4. The molecule has 2 aromatic heterocycles. The number of carbonyl (C=O) groups excluding carboxylic acids is 1. The quantitative estimate of drug-likeness (QED) is 0.870. The molecule has 0 bridgehead atoms. The number of likely N-dealkylation sites (tertiary alicyclic amines) is 1. The van der Waals surface area contributed by atoms with Crippen molar-refractivity contribution in [3.05, 3.63) is 41.3 Å². The molecule has 0 aromatic carbocycles. The van der Waals surface area contributed by atoms with E-state index >= 15 is 0 Å². The summed E-state index contributed by atoms with van der Waals surface area (Å²) in [6.07, 6.45) is 1.66. The molecule has 3 rings (SSSR count). The van der Waals surface area contributed by atoms with E-state index in [1.807, 2.05) is 13.0 Å². The monoisotopic (exact) mass is 316 g/mol. The molecule has 23 heavy (non-hydrogen) atoms. The Morgan fingerprint density at radius 1 is 1.52 bits per heavy atom. The van der Waals surface area contributed by atoms with E-state index in [1.165, 1.54) is 7.11 Å². The van der Waals surface area contributed by atoms with Crippen LogP contribution in [0.15, 0.2) is 24.4 Å². The number of hydrogen-bond acceptors (Lipinski definition) is 5. The third kappa shape index (κ3) is 3.19. The van der Waals surface area contributed by atoms with Crippen LogP contribution in [0.2, 0.25) is 0 Å². The van der Waals surface area contributed by atoms with E-state index in [2.05, 4.69) is 15.2 Å². The molecular formula is C16H20N4O3. The zero-order valence-electron chi connectivity index (χ0n) is 13.2. The lowest BCUT2D eigenvalue weighted by molar-refractivity contribution is 0.0760. The van der Waals surface area contributed by atoms with Crippen molar-refractivity contribution < 1.29 is 14.6 Å². The molecule has 1 amide bonds. The molecule has 122 valence electrons. The predicted octanol–water partition coefficient (Wildman–Crippen LogP) is 0.797. The van der Waals surface area contributed by atoms with Crippen molar-refractivity contribution in [2.75, 3.05) is 20.2 Å². The number of methoxy groups -OCH3 is 1. The van der Waals surface area contributed by atoms with E-state index in [1.54, 1.807) is 23.2 Å². The van der Waals surface area contributed by atoms with E-state index in [0.717, 1.165) is 11.4 Å². The van der Waals surface area contributed by atoms with Crippen LogP contribution in [-0.4, -0.2) is 57.4 Å². The number of hydrogen-bond donors (Lipinski definition) is 2. The van der Waals surface area contributed by atoms with Crippen LogP contribution in [0.3, 0.4) is 0 Å². The van der Waals surface area contributed by atoms with Gasteiger partial charge in [-0.15, -0.1) is 0 Å². The summed E-state index contributed by atoms with van der Waals surface area (Å²) in [6, 6.07) is 5.35. The minimum Gasteiger partial charge on any atom is -0.480 e. The molecule has 0 unspecified atom stereocenters. The van der Waals surface area contributed by atoms with Crippen molar-refractivity contribution in [1.82, 2.24) is 20.1 Å². The summed E-state index contributed by atoms with van der Waals surface area (Å²) < 4.78 is 5.14. The maximum atomic E-state index is 12.6. The first-order chi connectivity index (χ1) is 11.1. The summed E-state index contributed by atoms with van der Waals surface area (Å²) in [6.45, 7) is 2.74. The predicted molar refractivity (Wildman–Crippen MR) is 83.2 cm³/mol. The van der Waals surface area contributed by atoms with Crippen LogP contribution >= 0.6 is 0 Å². The number of β-amino-alcohol motifs (C(OH)–C–C–N with tert-alkyl or cyclic N) is 1. The molecule has 2 aromatic rings. The van der Waals surface area contributed by atoms with Gasteiger partial charge < -0.3 is 14.7 Å². The molecule has 1 aliphatic rings. The number of ether oxygens (including phenoxy) is 1. The van der Waals surface area contributed by atoms with Gasteiger partial charge in [0.15, 0.2) is 0 Å². The third-order valence-electron chi connectivity index (χ3n) is 4.12. The van der Waals surface area contributed by atoms with Gasteiger partial charge in [-0.2, -0.15) is 5.10 Å². The number of aliphatic hydroxyl groups is 1. The topological polar surface area (TPSA) is 91.3 Å². The first-order valence-corrected chi connectivity index (χ1v) is 7.55. The van der Waals surface area contributed by atoms with Crippen LogP contribution in [0.5, 0.6) is 5.88 Å². The van der Waals surface area contributed by atoms with E-state index < -0.39 is 6.10 Å². The molecule has 0 spiro atoms. The Labute approximate surface area is 134 Å². The molecule has 7 heteroatoms. The molecule has 2 atom stereocenters. The average Bonchev–Trinajstić information content (AvgIpc) is 3.13. The highest BCUT2D eigenvalue weighted by Gasteiger charge is 2.35. The van der Waals surface area contributed by atoms with Crippen LogP contribution in [0.4, 0.5) is 0 Å². The van der Waals surface area contributed by atoms with E-state index in [4.69, 9.17) is 4.74 Å². The fourth-order valence-electron chi connectivity index (χ4n) is 2.95. The van der Waals surface area contributed by atoms with Crippen LogP contribution in [0.25, 0.3) is 0 Å². The van der Waals surface area contributed by atoms with Gasteiger partial charge in [0.1, 0.15) is 5.56 Å². The third-order valence-corrected chi connectivity index (χ3v) is 4.12. The van der Waals surface area contributed by atoms with Crippen LogP contribution in [0, 0.1) is 12.8 Å². The smallest absolute Gasteiger partial charge is 0.259 e. The lowest BCUT2D eigenvalue weighted by Crippen LogP contribution is -2.30. The Morgan fingerprint density at radius 2 is 2.35 bits per heavy atom. The van der Waals surface area contributed by atoms with Gasteiger partial charge in [0.2, 0.25) is 5.88 Å². The van der Waals surface area contributed by atoms with Gasteiger partial charge >= 0.3 is 0 Å². The number of aromatic nitrogens is 3. The summed E-state index contributed by atoms with van der Waals surface area (Å²) in [5.74, 6) is 0.109. The van der Waals surface area contributed by atoms with E-state index in [0.29, 0.717) is 31.0 Å². The first-order valence-electron chi connectivity index (χ1n) is 7.55. The second-order valence-electron chi connectivity index (χ2n) is 5.84. The van der Waals surface area contributed by atoms with Crippen molar-refractivity contribution in [2.24, 2.45) is 5.92 Å². The van der Waals surface area contributed by atoms with Crippen molar-refractivity contribution >= 4 is 5.91 Å². The van der Waals surface area contributed by atoms with Crippen LogP contribution < -0.4 is 4.74 Å². The lowest BCUT2D eigenvalue weighted by atomic mass is 10.0. The summed E-state index contributed by atoms with van der Waals surface area (Å²) in [5, 5.41) is 17.4. The number of nitrogens with one attached hydrogen (secondary N) is 1. The number of carbonyl (C=O) groups is 1. The number of H-pyrrole nitrogens is 1. The maximum Gasteiger partial charge on any atom is 0.259 e. The Balaban J connectivity index is 1.71. The van der Waals surface area contributed by atoms with Crippen LogP contribution in [0.1, 0.15) is 21.7 Å². The van der Waals surface area contributed by atoms with Gasteiger partial charge in [-0.1, -0.05) is 0 Å². The molecule has 7 nitrogen and oxygen atoms in total. The van der Waals surface area contributed by atoms with Crippen molar-refractivity contribution in [1.29, 1.82) is 0 Å². The fourth-order valence-corrected chi connectivity index (χ4v) is 2.95. The minimum absolute atomic E-state index is 0.0238. The highest BCUT2D eigenvalue weighted by Crippen LogP contribution is 2.25. The number of pyridine rings is 1. The SMILES string of the molecule is COc1ncccc1C(=O)N1C[C@@H](Cc2cc(C)[nH]n2)[C@H](O)C1. The van der Waals surface area contributed by atoms with Crippen molar-refractivity contribution in [3.8, 4) is 5.88 Å². The number of aromatic amines is 1. The van der Waals surface area contributed by atoms with Crippen molar-refractivity contribution in [3.63, 3.8) is 0 Å². The Bertz CT molecular complexity index is 700. The van der Waals surface area contributed by atoms with E-state index in [-0.39, 0.29) is 11.8 Å². The summed E-state index contributed by atoms with van der Waals surface area (Å²) in [4.78, 5) is 18.3. The van der Waals surface area contributed by atoms with Gasteiger partial charge in [0.25, 0.3) is 5.91 Å². The number of amides is 1. The Morgan fingerprint density at radius 3 is 3.04 bits per heavy atom. The molecule has 0 aliphatic carbocycles. The summed E-state index contributed by atoms with van der Waals surface area (Å²) >= 11 is 0. The van der Waals surface area contributed by atoms with Crippen LogP contribution in [-0.2, 0) is 6.42 Å². The number of aliphatic hydroxyl groups excluding tert-OH is 1. The highest BCUT2D eigenvalue weighted by molar-refractivity contribution is 5.96. The first kappa shape index (κ1) is 15.5. The van der Waals surface area contributed by atoms with Gasteiger partial charge in [-0.25, -0.2) is 4.98 Å². The summed E-state index contributed by atoms with van der Waals surface area (Å²) in [7, 11) is 1.49. The largest absolute Gasteiger partial charge is 0.480 e. The zero-order chi connectivity index (χ0) is 16.4. The molecule has 0 saturated carbocycles. The molecule has 0 radical (unpaired) electrons. The second-order valence-corrected chi connectivity index (χ2v) is 5.84. The zero-order valence-corrected chi connectivity index (χ0v) is 13.2. The minimum atomic E-state index is -0.557. The van der Waals surface area contributed by atoms with Crippen molar-refractivity contribution in [2.45, 2.75) is 19.4 Å². The molecule has 1 fully saturated rings. The molecule has 1 saturated heterocycles. The fraction of sp³-hybridized carbons (Fsp3) is 0.438. The molecular weight excluding hydrogens is 296 g/mol. The Kier molecular flexibility index (Phi) is 4.29. The van der Waals surface area contributed by atoms with Gasteiger partial charge in [-0.05, 0) is 31.5 Å². The second kappa shape index (κ2) is 6.37. The maximum absolute atomic E-state index is 12.6. The average molecular weight is 316 g/mol.